The van der Waals surface area contributed by atoms with E-state index in [-0.39, 0.29) is 16.3 Å². The van der Waals surface area contributed by atoms with Crippen LogP contribution >= 0.6 is 11.6 Å². The van der Waals surface area contributed by atoms with Gasteiger partial charge in [0.05, 0.1) is 0 Å². The second-order valence-electron chi connectivity index (χ2n) is 4.56. The maximum atomic E-state index is 11.8. The predicted molar refractivity (Wildman–Crippen MR) is 80.7 cm³/mol. The molecule has 0 N–H and O–H groups in total. The molecule has 0 bridgehead atoms. The van der Waals surface area contributed by atoms with Crippen molar-refractivity contribution in [3.8, 4) is 0 Å². The van der Waals surface area contributed by atoms with Crippen molar-refractivity contribution in [3.05, 3.63) is 69.9 Å². The molecule has 0 aliphatic rings. The van der Waals surface area contributed by atoms with Gasteiger partial charge in [0.15, 0.2) is 0 Å². The van der Waals surface area contributed by atoms with E-state index in [0.717, 1.165) is 5.56 Å². The monoisotopic (exact) mass is 340 g/mol. The van der Waals surface area contributed by atoms with Gasteiger partial charge in [-0.3, -0.25) is 0 Å². The van der Waals surface area contributed by atoms with Gasteiger partial charge in [-0.15, -0.1) is 0 Å². The lowest BCUT2D eigenvalue weighted by molar-refractivity contribution is -0.567. The molecule has 0 aromatic heterocycles. The van der Waals surface area contributed by atoms with E-state index < -0.39 is 10.1 Å². The quantitative estimate of drug-likeness (QED) is 0.474. The van der Waals surface area contributed by atoms with Crippen LogP contribution in [0.1, 0.15) is 11.1 Å². The van der Waals surface area contributed by atoms with Gasteiger partial charge in [0.1, 0.15) is 4.90 Å². The third-order valence-corrected chi connectivity index (χ3v) is 4.13. The average Bonchev–Trinajstić information content (AvgIpc) is 2.48. The molecule has 0 unspecified atom stereocenters. The van der Waals surface area contributed by atoms with E-state index in [1.807, 2.05) is 6.92 Å². The summed E-state index contributed by atoms with van der Waals surface area (Å²) in [6, 6.07) is 12.5. The summed E-state index contributed by atoms with van der Waals surface area (Å²) in [5.74, 6) is 0. The number of nitrogens with zero attached hydrogens (tertiary/aromatic N) is 2. The van der Waals surface area contributed by atoms with E-state index in [0.29, 0.717) is 10.6 Å². The van der Waals surface area contributed by atoms with Gasteiger partial charge in [0, 0.05) is 10.6 Å². The van der Waals surface area contributed by atoms with Crippen LogP contribution in [0.15, 0.2) is 58.7 Å². The molecule has 2 aromatic rings. The molecule has 0 heterocycles. The molecule has 22 heavy (non-hydrogen) atoms. The zero-order valence-electron chi connectivity index (χ0n) is 11.6. The highest BCUT2D eigenvalue weighted by Crippen LogP contribution is 2.14. The first-order chi connectivity index (χ1) is 10.4. The Labute approximate surface area is 133 Å². The number of rotatable bonds is 5. The van der Waals surface area contributed by atoms with E-state index in [4.69, 9.17) is 11.6 Å². The van der Waals surface area contributed by atoms with E-state index in [2.05, 4.69) is 9.56 Å². The fourth-order valence-electron chi connectivity index (χ4n) is 1.60. The largest absolute Gasteiger partial charge is 0.597 e. The van der Waals surface area contributed by atoms with E-state index in [1.54, 1.807) is 36.4 Å². The van der Waals surface area contributed by atoms with Gasteiger partial charge in [-0.1, -0.05) is 46.3 Å². The molecule has 0 amide bonds. The van der Waals surface area contributed by atoms with Gasteiger partial charge < -0.3 is 5.21 Å². The Kier molecular flexibility index (Phi) is 4.99. The smallest absolute Gasteiger partial charge is 0.363 e. The Bertz CT molecular complexity index is 771. The molecule has 8 heteroatoms. The summed E-state index contributed by atoms with van der Waals surface area (Å²) in [4.78, 5) is 0.0800. The maximum Gasteiger partial charge on any atom is 0.363 e. The summed E-state index contributed by atoms with van der Waals surface area (Å²) in [7, 11) is -4.10. The van der Waals surface area contributed by atoms with Crippen LogP contribution in [0.3, 0.4) is 0 Å². The fourth-order valence-corrected chi connectivity index (χ4v) is 2.45. The second kappa shape index (κ2) is 6.76. The highest BCUT2D eigenvalue weighted by molar-refractivity contribution is 7.86. The number of aryl methyl sites for hydroxylation is 1. The molecule has 2 aromatic carbocycles. The normalized spacial score (nSPS) is 12.2. The third-order valence-electron chi connectivity index (χ3n) is 2.76. The molecule has 0 saturated heterocycles. The van der Waals surface area contributed by atoms with Crippen molar-refractivity contribution in [2.75, 3.05) is 0 Å². The van der Waals surface area contributed by atoms with Gasteiger partial charge in [-0.05, 0) is 31.2 Å². The summed E-state index contributed by atoms with van der Waals surface area (Å²) in [6.45, 7) is 1.67. The lowest BCUT2D eigenvalue weighted by atomic mass is 10.2. The molecule has 0 saturated carbocycles. The molecular formula is C14H13ClN2O4S. The Morgan fingerprint density at radius 3 is 2.32 bits per heavy atom. The predicted octanol–water partition coefficient (Wildman–Crippen LogP) is 3.43. The zero-order chi connectivity index (χ0) is 16.2. The molecule has 2 rings (SSSR count). The first-order valence-electron chi connectivity index (χ1n) is 6.27. The number of halogens is 1. The molecule has 0 fully saturated rings. The molecule has 0 spiro atoms. The summed E-state index contributed by atoms with van der Waals surface area (Å²) < 4.78 is 28.1. The van der Waals surface area contributed by atoms with Crippen molar-refractivity contribution in [3.63, 3.8) is 0 Å². The molecule has 116 valence electrons. The third kappa shape index (κ3) is 4.44. The first kappa shape index (κ1) is 16.3. The van der Waals surface area contributed by atoms with Crippen molar-refractivity contribution in [1.82, 2.24) is 0 Å². The number of hydroxylamine groups is 1. The molecule has 0 atom stereocenters. The van der Waals surface area contributed by atoms with Crippen LogP contribution in [0.2, 0.25) is 5.02 Å². The summed E-state index contributed by atoms with van der Waals surface area (Å²) in [5.41, 5.74) is 1.53. The van der Waals surface area contributed by atoms with Crippen molar-refractivity contribution in [1.29, 1.82) is 0 Å². The zero-order valence-corrected chi connectivity index (χ0v) is 13.2. The Hall–Kier alpha value is -2.12. The topological polar surface area (TPSA) is 81.8 Å². The highest BCUT2D eigenvalue weighted by Gasteiger charge is 2.17. The fraction of sp³-hybridized carbons (Fsp3) is 0.143. The van der Waals surface area contributed by atoms with Crippen molar-refractivity contribution in [2.24, 2.45) is 5.28 Å². The summed E-state index contributed by atoms with van der Waals surface area (Å²) >= 11 is 5.73. The second-order valence-corrected chi connectivity index (χ2v) is 6.53. The van der Waals surface area contributed by atoms with Gasteiger partial charge in [0.2, 0.25) is 11.8 Å². The number of hydrogen-bond acceptors (Lipinski definition) is 5. The van der Waals surface area contributed by atoms with Crippen molar-refractivity contribution >= 4 is 21.7 Å². The van der Waals surface area contributed by atoms with E-state index >= 15 is 0 Å². The first-order valence-corrected chi connectivity index (χ1v) is 8.06. The maximum absolute atomic E-state index is 11.8. The van der Waals surface area contributed by atoms with Gasteiger partial charge in [-0.2, -0.15) is 8.42 Å². The Morgan fingerprint density at radius 2 is 1.73 bits per heavy atom. The van der Waals surface area contributed by atoms with E-state index in [9.17, 15) is 13.6 Å². The minimum absolute atomic E-state index is 0.0678. The summed E-state index contributed by atoms with van der Waals surface area (Å²) in [6.07, 6.45) is 0. The van der Waals surface area contributed by atoms with Gasteiger partial charge in [0.25, 0.3) is 0 Å². The van der Waals surface area contributed by atoms with Crippen molar-refractivity contribution in [2.45, 2.75) is 18.4 Å². The molecule has 0 aliphatic carbocycles. The molecule has 0 aliphatic heterocycles. The lowest BCUT2D eigenvalue weighted by Crippen LogP contribution is -2.07. The number of hydrogen-bond donors (Lipinski definition) is 0. The number of benzene rings is 2. The highest BCUT2D eigenvalue weighted by atomic mass is 35.5. The van der Waals surface area contributed by atoms with Gasteiger partial charge >= 0.3 is 10.1 Å². The summed E-state index contributed by atoms with van der Waals surface area (Å²) in [5, 5.41) is 15.2. The average molecular weight is 341 g/mol. The minimum Gasteiger partial charge on any atom is -0.597 e. The van der Waals surface area contributed by atoms with Gasteiger partial charge in [-0.25, -0.2) is 4.28 Å². The van der Waals surface area contributed by atoms with Crippen LogP contribution in [-0.4, -0.2) is 13.3 Å². The SMILES string of the molecule is Cc1ccc(S(=O)(=O)O/N=[N+](\[O-])Cc2ccc(Cl)cc2)cc1. The molecular weight excluding hydrogens is 328 g/mol. The molecule has 6 nitrogen and oxygen atoms in total. The van der Waals surface area contributed by atoms with Crippen molar-refractivity contribution < 1.29 is 17.6 Å². The van der Waals surface area contributed by atoms with E-state index in [1.165, 1.54) is 12.1 Å². The minimum atomic E-state index is -4.10. The van der Waals surface area contributed by atoms with Crippen LogP contribution in [0.5, 0.6) is 0 Å². The van der Waals surface area contributed by atoms with Crippen LogP contribution in [0, 0.1) is 12.1 Å². The van der Waals surface area contributed by atoms with Crippen LogP contribution in [0.25, 0.3) is 0 Å². The molecule has 0 radical (unpaired) electrons. The van der Waals surface area contributed by atoms with Crippen LogP contribution in [0.4, 0.5) is 0 Å². The van der Waals surface area contributed by atoms with Crippen LogP contribution in [-0.2, 0) is 20.9 Å². The Morgan fingerprint density at radius 1 is 1.14 bits per heavy atom. The lowest BCUT2D eigenvalue weighted by Gasteiger charge is -2.02. The van der Waals surface area contributed by atoms with Crippen LogP contribution < -0.4 is 0 Å². The Balaban J connectivity index is 2.06. The standard InChI is InChI=1S/C14H13ClN2O4S/c1-11-2-8-14(9-3-11)22(19,20)21-16-17(18)10-12-4-6-13(15)7-5-12/h2-9H,10H2,1H3/b17-16-.